The molecule has 1 saturated heterocycles. The van der Waals surface area contributed by atoms with Gasteiger partial charge in [0.1, 0.15) is 5.15 Å². The predicted octanol–water partition coefficient (Wildman–Crippen LogP) is 4.01. The lowest BCUT2D eigenvalue weighted by Gasteiger charge is -2.24. The van der Waals surface area contributed by atoms with Gasteiger partial charge >= 0.3 is 0 Å². The molecule has 6 rings (SSSR count). The predicted molar refractivity (Wildman–Crippen MR) is 155 cm³/mol. The number of pyridine rings is 1. The summed E-state index contributed by atoms with van der Waals surface area (Å²) in [7, 11) is 1.77. The first-order valence-corrected chi connectivity index (χ1v) is 14.6. The van der Waals surface area contributed by atoms with Crippen LogP contribution in [0.25, 0.3) is 10.9 Å². The van der Waals surface area contributed by atoms with E-state index < -0.39 is 0 Å². The standard InChI is InChI=1S/C27H29ClN8O3S/c1-12-8-15(13(2)29-19-6-7-20(28)31-23(19)24(37)34-40-5)22-16(9-12)26(38)35(4)27(32-22)36-10-17-18(11-36)21(17)25-30-14(3)33-39-25/h6-9,13,17-18,21,29H,10-11H2,1-5H3,(H,34,37). The van der Waals surface area contributed by atoms with Gasteiger partial charge in [0.25, 0.3) is 11.5 Å². The van der Waals surface area contributed by atoms with E-state index in [1.54, 1.807) is 30.0 Å². The lowest BCUT2D eigenvalue weighted by Crippen LogP contribution is -2.32. The van der Waals surface area contributed by atoms with Crippen molar-refractivity contribution in [2.45, 2.75) is 32.7 Å². The summed E-state index contributed by atoms with van der Waals surface area (Å²) in [5.41, 5.74) is 3.04. The first-order valence-electron chi connectivity index (χ1n) is 13.0. The fraction of sp³-hybridized carbons (Fsp3) is 0.407. The number of fused-ring (bicyclic) bond motifs is 2. The quantitative estimate of drug-likeness (QED) is 0.244. The van der Waals surface area contributed by atoms with Gasteiger partial charge in [0, 0.05) is 37.9 Å². The first-order chi connectivity index (χ1) is 19.2. The number of carbonyl (C=O) groups is 1. The molecule has 1 amide bonds. The average molecular weight is 581 g/mol. The number of amides is 1. The van der Waals surface area contributed by atoms with Crippen LogP contribution in [0.15, 0.2) is 33.6 Å². The summed E-state index contributed by atoms with van der Waals surface area (Å²) in [6.45, 7) is 7.28. The number of hydrogen-bond acceptors (Lipinski definition) is 10. The van der Waals surface area contributed by atoms with Crippen molar-refractivity contribution in [1.29, 1.82) is 0 Å². The molecule has 13 heteroatoms. The Hall–Kier alpha value is -3.64. The molecule has 40 heavy (non-hydrogen) atoms. The smallest absolute Gasteiger partial charge is 0.281 e. The Morgan fingerprint density at radius 2 is 1.93 bits per heavy atom. The van der Waals surface area contributed by atoms with Crippen molar-refractivity contribution in [2.24, 2.45) is 18.9 Å². The molecule has 2 fully saturated rings. The number of aromatic nitrogens is 5. The molecular formula is C27H29ClN8O3S. The van der Waals surface area contributed by atoms with Crippen LogP contribution in [-0.4, -0.2) is 49.9 Å². The van der Waals surface area contributed by atoms with E-state index in [0.717, 1.165) is 24.2 Å². The number of benzene rings is 1. The second kappa shape index (κ2) is 10.1. The van der Waals surface area contributed by atoms with Gasteiger partial charge < -0.3 is 14.7 Å². The number of aryl methyl sites for hydroxylation is 2. The van der Waals surface area contributed by atoms with E-state index in [1.807, 2.05) is 32.9 Å². The maximum Gasteiger partial charge on any atom is 0.281 e. The molecule has 4 heterocycles. The third kappa shape index (κ3) is 4.58. The van der Waals surface area contributed by atoms with Gasteiger partial charge in [-0.2, -0.15) is 4.98 Å². The number of rotatable bonds is 7. The highest BCUT2D eigenvalue weighted by Crippen LogP contribution is 2.58. The molecule has 11 nitrogen and oxygen atoms in total. The van der Waals surface area contributed by atoms with E-state index in [0.29, 0.717) is 46.1 Å². The van der Waals surface area contributed by atoms with Crippen LogP contribution >= 0.6 is 23.5 Å². The van der Waals surface area contributed by atoms with Gasteiger partial charge in [0.2, 0.25) is 11.8 Å². The van der Waals surface area contributed by atoms with Gasteiger partial charge in [0.15, 0.2) is 11.5 Å². The molecule has 3 unspecified atom stereocenters. The van der Waals surface area contributed by atoms with Gasteiger partial charge in [-0.15, -0.1) is 0 Å². The van der Waals surface area contributed by atoms with Crippen LogP contribution in [0, 0.1) is 25.7 Å². The molecule has 4 aromatic rings. The Kier molecular flexibility index (Phi) is 6.70. The summed E-state index contributed by atoms with van der Waals surface area (Å²) in [5.74, 6) is 2.69. The zero-order valence-electron chi connectivity index (χ0n) is 22.7. The number of hydrogen-bond donors (Lipinski definition) is 2. The molecule has 2 N–H and O–H groups in total. The van der Waals surface area contributed by atoms with Crippen LogP contribution in [0.2, 0.25) is 5.15 Å². The molecule has 3 aromatic heterocycles. The monoisotopic (exact) mass is 580 g/mol. The van der Waals surface area contributed by atoms with Crippen molar-refractivity contribution in [3.05, 3.63) is 68.3 Å². The Bertz CT molecular complexity index is 1690. The summed E-state index contributed by atoms with van der Waals surface area (Å²) < 4.78 is 9.75. The van der Waals surface area contributed by atoms with Crippen molar-refractivity contribution in [3.8, 4) is 0 Å². The lowest BCUT2D eigenvalue weighted by molar-refractivity contribution is 0.0980. The minimum absolute atomic E-state index is 0.102. The van der Waals surface area contributed by atoms with Gasteiger partial charge in [-0.3, -0.25) is 18.9 Å². The fourth-order valence-corrected chi connectivity index (χ4v) is 6.27. The van der Waals surface area contributed by atoms with E-state index in [-0.39, 0.29) is 34.3 Å². The largest absolute Gasteiger partial charge is 0.377 e. The minimum atomic E-state index is -0.352. The number of anilines is 2. The molecule has 1 aromatic carbocycles. The summed E-state index contributed by atoms with van der Waals surface area (Å²) in [6.07, 6.45) is 1.76. The summed E-state index contributed by atoms with van der Waals surface area (Å²) in [6, 6.07) is 6.97. The molecule has 2 aliphatic rings. The van der Waals surface area contributed by atoms with Crippen LogP contribution in [0.3, 0.4) is 0 Å². The van der Waals surface area contributed by atoms with Crippen LogP contribution in [-0.2, 0) is 7.05 Å². The number of halogens is 1. The van der Waals surface area contributed by atoms with Gasteiger partial charge in [0.05, 0.1) is 22.6 Å². The molecule has 1 saturated carbocycles. The highest BCUT2D eigenvalue weighted by molar-refractivity contribution is 7.97. The highest BCUT2D eigenvalue weighted by atomic mass is 35.5. The second-order valence-electron chi connectivity index (χ2n) is 10.5. The first kappa shape index (κ1) is 26.6. The van der Waals surface area contributed by atoms with E-state index in [1.165, 1.54) is 11.9 Å². The second-order valence-corrected chi connectivity index (χ2v) is 11.5. The van der Waals surface area contributed by atoms with Crippen molar-refractivity contribution in [1.82, 2.24) is 29.4 Å². The molecule has 0 spiro atoms. The van der Waals surface area contributed by atoms with Gasteiger partial charge in [-0.25, -0.2) is 9.97 Å². The van der Waals surface area contributed by atoms with Crippen molar-refractivity contribution < 1.29 is 9.32 Å². The Labute approximate surface area is 239 Å². The molecule has 1 aliphatic carbocycles. The minimum Gasteiger partial charge on any atom is -0.377 e. The third-order valence-corrected chi connectivity index (χ3v) is 8.35. The summed E-state index contributed by atoms with van der Waals surface area (Å²) in [5, 5.41) is 8.11. The summed E-state index contributed by atoms with van der Waals surface area (Å²) in [4.78, 5) is 42.1. The number of nitrogens with zero attached hydrogens (tertiary/aromatic N) is 6. The average Bonchev–Trinajstić information content (AvgIpc) is 3.21. The molecule has 1 aliphatic heterocycles. The molecule has 208 valence electrons. The SMILES string of the molecule is CSNC(=O)c1nc(Cl)ccc1NC(C)c1cc(C)cc2c(=O)n(C)c(N3CC4C(C3)C4c3nc(C)no3)nc12. The highest BCUT2D eigenvalue weighted by Gasteiger charge is 2.59. The Morgan fingerprint density at radius 1 is 1.18 bits per heavy atom. The Morgan fingerprint density at radius 3 is 2.60 bits per heavy atom. The summed E-state index contributed by atoms with van der Waals surface area (Å²) >= 11 is 7.28. The molecule has 0 bridgehead atoms. The van der Waals surface area contributed by atoms with Crippen molar-refractivity contribution in [2.75, 3.05) is 29.6 Å². The Balaban J connectivity index is 1.33. The topological polar surface area (TPSA) is 131 Å². The normalized spacial score (nSPS) is 20.4. The van der Waals surface area contributed by atoms with E-state index in [9.17, 15) is 9.59 Å². The van der Waals surface area contributed by atoms with Crippen LogP contribution < -0.4 is 20.5 Å². The van der Waals surface area contributed by atoms with E-state index in [4.69, 9.17) is 21.1 Å². The van der Waals surface area contributed by atoms with Crippen molar-refractivity contribution >= 4 is 52.0 Å². The number of carbonyl (C=O) groups excluding carboxylic acids is 1. The maximum atomic E-state index is 13.6. The zero-order valence-corrected chi connectivity index (χ0v) is 24.3. The number of nitrogens with one attached hydrogen (secondary N) is 2. The number of piperidine rings is 1. The van der Waals surface area contributed by atoms with Crippen LogP contribution in [0.4, 0.5) is 11.6 Å². The molecule has 0 radical (unpaired) electrons. The van der Waals surface area contributed by atoms with Gasteiger partial charge in [-0.05, 0) is 56.4 Å². The van der Waals surface area contributed by atoms with E-state index >= 15 is 0 Å². The van der Waals surface area contributed by atoms with Gasteiger partial charge in [-0.1, -0.05) is 34.8 Å². The lowest BCUT2D eigenvalue weighted by atomic mass is 10.0. The van der Waals surface area contributed by atoms with Crippen LogP contribution in [0.1, 0.15) is 52.2 Å². The van der Waals surface area contributed by atoms with Crippen molar-refractivity contribution in [3.63, 3.8) is 0 Å². The third-order valence-electron chi connectivity index (χ3n) is 7.75. The molecular weight excluding hydrogens is 552 g/mol. The van der Waals surface area contributed by atoms with Crippen LogP contribution in [0.5, 0.6) is 0 Å². The van der Waals surface area contributed by atoms with E-state index in [2.05, 4.69) is 30.1 Å². The molecule has 3 atom stereocenters. The fourth-order valence-electron chi connectivity index (χ4n) is 5.84. The maximum absolute atomic E-state index is 13.6. The zero-order chi connectivity index (χ0) is 28.3.